The zero-order valence-corrected chi connectivity index (χ0v) is 23.9. The first kappa shape index (κ1) is 27.0. The molecule has 0 spiro atoms. The van der Waals surface area contributed by atoms with E-state index in [0.717, 1.165) is 64.0 Å². The molecule has 9 heteroatoms. The molecule has 0 saturated heterocycles. The Balaban J connectivity index is 1.14. The first-order valence-electron chi connectivity index (χ1n) is 13.5. The summed E-state index contributed by atoms with van der Waals surface area (Å²) in [5, 5.41) is 5.34. The van der Waals surface area contributed by atoms with E-state index in [4.69, 9.17) is 9.72 Å². The van der Waals surface area contributed by atoms with Crippen molar-refractivity contribution < 1.29 is 9.53 Å². The molecule has 5 aromatic rings. The van der Waals surface area contributed by atoms with Gasteiger partial charge in [0.25, 0.3) is 11.5 Å². The number of aryl methyl sites for hydroxylation is 2. The standard InChI is InChI=1S/C32H28N4O3S2/c37-28(35-33-19-23-12-9-15-25(18-23)39-20-22-10-3-1-4-11-22)21-40-32-34-30-29(26-16-7-8-17-27(26)41-30)31(38)36(32)24-13-5-2-6-14-24/h1-6,9-15,18-19H,7-8,16-17,20-21H2,(H,35,37)/b33-19+. The Hall–Kier alpha value is -4.21. The van der Waals surface area contributed by atoms with Crippen LogP contribution >= 0.6 is 23.1 Å². The summed E-state index contributed by atoms with van der Waals surface area (Å²) in [6.07, 6.45) is 5.71. The predicted molar refractivity (Wildman–Crippen MR) is 166 cm³/mol. The van der Waals surface area contributed by atoms with Gasteiger partial charge in [-0.2, -0.15) is 5.10 Å². The van der Waals surface area contributed by atoms with E-state index in [-0.39, 0.29) is 17.2 Å². The number of thiophene rings is 1. The van der Waals surface area contributed by atoms with Crippen molar-refractivity contribution in [2.24, 2.45) is 5.10 Å². The average Bonchev–Trinajstić information content (AvgIpc) is 3.39. The highest BCUT2D eigenvalue weighted by atomic mass is 32.2. The Morgan fingerprint density at radius 3 is 2.63 bits per heavy atom. The van der Waals surface area contributed by atoms with Crippen LogP contribution in [0.5, 0.6) is 5.75 Å². The number of fused-ring (bicyclic) bond motifs is 3. The van der Waals surface area contributed by atoms with E-state index in [9.17, 15) is 9.59 Å². The Morgan fingerprint density at radius 1 is 1.02 bits per heavy atom. The summed E-state index contributed by atoms with van der Waals surface area (Å²) in [6, 6.07) is 27.0. The van der Waals surface area contributed by atoms with Crippen molar-refractivity contribution in [3.05, 3.63) is 117 Å². The van der Waals surface area contributed by atoms with Gasteiger partial charge in [-0.05, 0) is 66.6 Å². The molecule has 1 aliphatic carbocycles. The quantitative estimate of drug-likeness (QED) is 0.0979. The molecular formula is C32H28N4O3S2. The lowest BCUT2D eigenvalue weighted by molar-refractivity contribution is -0.118. The van der Waals surface area contributed by atoms with Gasteiger partial charge in [-0.25, -0.2) is 10.4 Å². The number of rotatable bonds is 9. The van der Waals surface area contributed by atoms with Crippen LogP contribution < -0.4 is 15.7 Å². The number of carbonyl (C=O) groups excluding carboxylic acids is 1. The summed E-state index contributed by atoms with van der Waals surface area (Å²) in [6.45, 7) is 0.470. The van der Waals surface area contributed by atoms with Crippen molar-refractivity contribution in [2.45, 2.75) is 37.4 Å². The smallest absolute Gasteiger partial charge is 0.267 e. The minimum absolute atomic E-state index is 0.0629. The lowest BCUT2D eigenvalue weighted by atomic mass is 9.97. The zero-order chi connectivity index (χ0) is 28.0. The molecule has 0 bridgehead atoms. The Labute approximate surface area is 245 Å². The molecular weight excluding hydrogens is 553 g/mol. The van der Waals surface area contributed by atoms with E-state index in [2.05, 4.69) is 10.5 Å². The number of amides is 1. The van der Waals surface area contributed by atoms with Gasteiger partial charge in [0.05, 0.1) is 23.0 Å². The molecule has 206 valence electrons. The van der Waals surface area contributed by atoms with Crippen molar-refractivity contribution in [3.63, 3.8) is 0 Å². The van der Waals surface area contributed by atoms with Gasteiger partial charge in [0.15, 0.2) is 5.16 Å². The molecule has 0 fully saturated rings. The minimum atomic E-state index is -0.290. The molecule has 7 nitrogen and oxygen atoms in total. The van der Waals surface area contributed by atoms with Crippen LogP contribution in [0.2, 0.25) is 0 Å². The Kier molecular flexibility index (Phi) is 8.25. The summed E-state index contributed by atoms with van der Waals surface area (Å²) in [4.78, 5) is 33.4. The van der Waals surface area contributed by atoms with Gasteiger partial charge in [-0.15, -0.1) is 11.3 Å². The maximum Gasteiger partial charge on any atom is 0.267 e. The van der Waals surface area contributed by atoms with Gasteiger partial charge >= 0.3 is 0 Å². The van der Waals surface area contributed by atoms with E-state index >= 15 is 0 Å². The number of nitrogens with zero attached hydrogens (tertiary/aromatic N) is 3. The Morgan fingerprint density at radius 2 is 1.80 bits per heavy atom. The fourth-order valence-electron chi connectivity index (χ4n) is 4.85. The number of thioether (sulfide) groups is 1. The van der Waals surface area contributed by atoms with Crippen LogP contribution in [0.1, 0.15) is 34.4 Å². The van der Waals surface area contributed by atoms with Crippen LogP contribution in [-0.2, 0) is 24.2 Å². The fraction of sp³-hybridized carbons (Fsp3) is 0.188. The molecule has 0 saturated carbocycles. The molecule has 1 aliphatic rings. The lowest BCUT2D eigenvalue weighted by Crippen LogP contribution is -2.24. The van der Waals surface area contributed by atoms with Crippen LogP contribution in [0, 0.1) is 0 Å². The summed E-state index contributed by atoms with van der Waals surface area (Å²) in [5.41, 5.74) is 6.28. The van der Waals surface area contributed by atoms with E-state index in [0.29, 0.717) is 11.8 Å². The normalized spacial score (nSPS) is 12.9. The number of hydrazone groups is 1. The lowest BCUT2D eigenvalue weighted by Gasteiger charge is -2.13. The van der Waals surface area contributed by atoms with Crippen molar-refractivity contribution in [1.82, 2.24) is 15.0 Å². The van der Waals surface area contributed by atoms with Gasteiger partial charge in [0.2, 0.25) is 0 Å². The first-order chi connectivity index (χ1) is 20.2. The topological polar surface area (TPSA) is 85.6 Å². The van der Waals surface area contributed by atoms with Crippen LogP contribution in [0.3, 0.4) is 0 Å². The molecule has 0 aliphatic heterocycles. The van der Waals surface area contributed by atoms with Crippen LogP contribution in [0.25, 0.3) is 15.9 Å². The van der Waals surface area contributed by atoms with Gasteiger partial charge in [0, 0.05) is 4.88 Å². The SMILES string of the molecule is O=C(CSc1nc2sc3c(c2c(=O)n1-c1ccccc1)CCCC3)N/N=C/c1cccc(OCc2ccccc2)c1. The highest BCUT2D eigenvalue weighted by Crippen LogP contribution is 2.35. The van der Waals surface area contributed by atoms with Crippen molar-refractivity contribution in [3.8, 4) is 11.4 Å². The highest BCUT2D eigenvalue weighted by molar-refractivity contribution is 7.99. The average molecular weight is 581 g/mol. The van der Waals surface area contributed by atoms with E-state index in [1.165, 1.54) is 16.6 Å². The van der Waals surface area contributed by atoms with Crippen molar-refractivity contribution in [1.29, 1.82) is 0 Å². The molecule has 2 heterocycles. The number of benzene rings is 3. The second-order valence-electron chi connectivity index (χ2n) is 9.69. The molecule has 0 atom stereocenters. The molecule has 41 heavy (non-hydrogen) atoms. The number of ether oxygens (including phenoxy) is 1. The highest BCUT2D eigenvalue weighted by Gasteiger charge is 2.23. The Bertz CT molecular complexity index is 1770. The largest absolute Gasteiger partial charge is 0.489 e. The molecule has 3 aromatic carbocycles. The molecule has 2 aromatic heterocycles. The minimum Gasteiger partial charge on any atom is -0.489 e. The first-order valence-corrected chi connectivity index (χ1v) is 15.3. The maximum absolute atomic E-state index is 13.8. The summed E-state index contributed by atoms with van der Waals surface area (Å²) in [7, 11) is 0. The third-order valence-corrected chi connectivity index (χ3v) is 8.94. The molecule has 6 rings (SSSR count). The van der Waals surface area contributed by atoms with Gasteiger partial charge in [-0.1, -0.05) is 72.4 Å². The van der Waals surface area contributed by atoms with Gasteiger partial charge in [-0.3, -0.25) is 14.2 Å². The third kappa shape index (κ3) is 6.26. The molecule has 0 unspecified atom stereocenters. The maximum atomic E-state index is 13.8. The second kappa shape index (κ2) is 12.5. The van der Waals surface area contributed by atoms with Gasteiger partial charge < -0.3 is 4.74 Å². The molecule has 0 radical (unpaired) electrons. The van der Waals surface area contributed by atoms with Crippen LogP contribution in [-0.4, -0.2) is 27.4 Å². The summed E-state index contributed by atoms with van der Waals surface area (Å²) in [5.74, 6) is 0.491. The third-order valence-electron chi connectivity index (χ3n) is 6.81. The number of carbonyl (C=O) groups is 1. The fourth-order valence-corrected chi connectivity index (χ4v) is 6.96. The second-order valence-corrected chi connectivity index (χ2v) is 11.7. The number of aromatic nitrogens is 2. The zero-order valence-electron chi connectivity index (χ0n) is 22.3. The van der Waals surface area contributed by atoms with E-state index in [1.807, 2.05) is 84.9 Å². The summed E-state index contributed by atoms with van der Waals surface area (Å²) < 4.78 is 7.51. The van der Waals surface area contributed by atoms with Gasteiger partial charge in [0.1, 0.15) is 17.2 Å². The number of hydrogen-bond donors (Lipinski definition) is 1. The van der Waals surface area contributed by atoms with Crippen LogP contribution in [0.15, 0.2) is 100.0 Å². The monoisotopic (exact) mass is 580 g/mol. The van der Waals surface area contributed by atoms with E-state index in [1.54, 1.807) is 22.1 Å². The predicted octanol–water partition coefficient (Wildman–Crippen LogP) is 6.15. The van der Waals surface area contributed by atoms with Crippen molar-refractivity contribution >= 4 is 45.4 Å². The summed E-state index contributed by atoms with van der Waals surface area (Å²) >= 11 is 2.84. The molecule has 1 N–H and O–H groups in total. The van der Waals surface area contributed by atoms with Crippen LogP contribution in [0.4, 0.5) is 0 Å². The number of para-hydroxylation sites is 1. The van der Waals surface area contributed by atoms with Crippen molar-refractivity contribution in [2.75, 3.05) is 5.75 Å². The number of hydrogen-bond acceptors (Lipinski definition) is 7. The molecule has 1 amide bonds. The number of nitrogens with one attached hydrogen (secondary N) is 1. The van der Waals surface area contributed by atoms with E-state index < -0.39 is 0 Å².